The van der Waals surface area contributed by atoms with Gasteiger partial charge in [-0.3, -0.25) is 0 Å². The van der Waals surface area contributed by atoms with Crippen molar-refractivity contribution in [3.05, 3.63) is 35.4 Å². The van der Waals surface area contributed by atoms with Crippen LogP contribution in [0.1, 0.15) is 43.2 Å². The Balaban J connectivity index is 1.92. The van der Waals surface area contributed by atoms with Gasteiger partial charge >= 0.3 is 0 Å². The predicted octanol–water partition coefficient (Wildman–Crippen LogP) is 3.09. The summed E-state index contributed by atoms with van der Waals surface area (Å²) in [7, 11) is 2.19. The smallest absolute Gasteiger partial charge is 0.0283 e. The van der Waals surface area contributed by atoms with Crippen molar-refractivity contribution < 1.29 is 0 Å². The monoisotopic (exact) mass is 246 g/mol. The van der Waals surface area contributed by atoms with E-state index in [4.69, 9.17) is 5.73 Å². The molecule has 0 spiro atoms. The molecular weight excluding hydrogens is 220 g/mol. The standard InChI is InChI=1S/C16H26N2/c1-14-8-4-5-9-15(14)12-18(2)13-16(17)10-6-3-7-11-16/h4-5,8-9H,3,6-7,10-13,17H2,1-2H3. The lowest BCUT2D eigenvalue weighted by Crippen LogP contribution is -2.50. The molecule has 0 bridgehead atoms. The van der Waals surface area contributed by atoms with E-state index in [-0.39, 0.29) is 5.54 Å². The zero-order valence-electron chi connectivity index (χ0n) is 11.8. The first kappa shape index (κ1) is 13.6. The number of likely N-dealkylation sites (N-methyl/N-ethyl adjacent to an activating group) is 1. The van der Waals surface area contributed by atoms with E-state index in [1.54, 1.807) is 0 Å². The summed E-state index contributed by atoms with van der Waals surface area (Å²) in [5.41, 5.74) is 9.35. The second-order valence-electron chi connectivity index (χ2n) is 6.02. The van der Waals surface area contributed by atoms with Crippen LogP contribution in [-0.4, -0.2) is 24.0 Å². The van der Waals surface area contributed by atoms with Crippen LogP contribution in [0.25, 0.3) is 0 Å². The number of nitrogens with two attached hydrogens (primary N) is 1. The Morgan fingerprint density at radius 2 is 1.83 bits per heavy atom. The van der Waals surface area contributed by atoms with E-state index in [2.05, 4.69) is 43.1 Å². The van der Waals surface area contributed by atoms with Gasteiger partial charge in [-0.05, 0) is 37.9 Å². The number of nitrogens with zero attached hydrogens (tertiary/aromatic N) is 1. The fraction of sp³-hybridized carbons (Fsp3) is 0.625. The summed E-state index contributed by atoms with van der Waals surface area (Å²) in [6, 6.07) is 8.62. The van der Waals surface area contributed by atoms with Crippen molar-refractivity contribution in [3.8, 4) is 0 Å². The molecule has 0 saturated heterocycles. The second-order valence-corrected chi connectivity index (χ2v) is 6.02. The highest BCUT2D eigenvalue weighted by Crippen LogP contribution is 2.26. The first-order valence-electron chi connectivity index (χ1n) is 7.11. The fourth-order valence-electron chi connectivity index (χ4n) is 3.09. The van der Waals surface area contributed by atoms with Crippen LogP contribution >= 0.6 is 0 Å². The molecule has 1 saturated carbocycles. The van der Waals surface area contributed by atoms with Gasteiger partial charge in [0, 0.05) is 18.6 Å². The van der Waals surface area contributed by atoms with Crippen LogP contribution in [0.3, 0.4) is 0 Å². The van der Waals surface area contributed by atoms with Crippen LogP contribution in [0, 0.1) is 6.92 Å². The Labute approximate surface area is 111 Å². The van der Waals surface area contributed by atoms with E-state index in [0.717, 1.165) is 13.1 Å². The predicted molar refractivity (Wildman–Crippen MR) is 77.5 cm³/mol. The highest BCUT2D eigenvalue weighted by Gasteiger charge is 2.28. The molecule has 0 amide bonds. The molecule has 2 N–H and O–H groups in total. The molecule has 1 aromatic carbocycles. The molecule has 1 fully saturated rings. The molecule has 1 aliphatic carbocycles. The van der Waals surface area contributed by atoms with E-state index in [1.807, 2.05) is 0 Å². The van der Waals surface area contributed by atoms with Crippen LogP contribution in [0.15, 0.2) is 24.3 Å². The molecule has 0 aromatic heterocycles. The number of hydrogen-bond donors (Lipinski definition) is 1. The molecule has 2 nitrogen and oxygen atoms in total. The molecule has 1 aliphatic rings. The van der Waals surface area contributed by atoms with Crippen molar-refractivity contribution >= 4 is 0 Å². The van der Waals surface area contributed by atoms with Crippen LogP contribution < -0.4 is 5.73 Å². The Morgan fingerprint density at radius 1 is 1.17 bits per heavy atom. The largest absolute Gasteiger partial charge is 0.324 e. The van der Waals surface area contributed by atoms with Gasteiger partial charge in [-0.15, -0.1) is 0 Å². The minimum absolute atomic E-state index is 0.0513. The Bertz CT molecular complexity index is 380. The van der Waals surface area contributed by atoms with Crippen LogP contribution in [-0.2, 0) is 6.54 Å². The van der Waals surface area contributed by atoms with Gasteiger partial charge in [0.05, 0.1) is 0 Å². The summed E-state index contributed by atoms with van der Waals surface area (Å²) in [6.45, 7) is 4.20. The number of aryl methyl sites for hydroxylation is 1. The molecule has 0 radical (unpaired) electrons. The van der Waals surface area contributed by atoms with Gasteiger partial charge in [-0.2, -0.15) is 0 Å². The van der Waals surface area contributed by atoms with E-state index >= 15 is 0 Å². The molecule has 18 heavy (non-hydrogen) atoms. The third-order valence-corrected chi connectivity index (χ3v) is 4.14. The molecule has 0 atom stereocenters. The minimum atomic E-state index is 0.0513. The summed E-state index contributed by atoms with van der Waals surface area (Å²) in [6.07, 6.45) is 6.33. The summed E-state index contributed by atoms with van der Waals surface area (Å²) in [5.74, 6) is 0. The lowest BCUT2D eigenvalue weighted by molar-refractivity contribution is 0.193. The molecule has 1 aromatic rings. The summed E-state index contributed by atoms with van der Waals surface area (Å²) in [4.78, 5) is 2.38. The average molecular weight is 246 g/mol. The Morgan fingerprint density at radius 3 is 2.50 bits per heavy atom. The molecule has 100 valence electrons. The number of hydrogen-bond acceptors (Lipinski definition) is 2. The molecule has 0 unspecified atom stereocenters. The lowest BCUT2D eigenvalue weighted by atomic mass is 9.82. The van der Waals surface area contributed by atoms with Crippen LogP contribution in [0.2, 0.25) is 0 Å². The minimum Gasteiger partial charge on any atom is -0.324 e. The van der Waals surface area contributed by atoms with E-state index in [1.165, 1.54) is 43.2 Å². The topological polar surface area (TPSA) is 29.3 Å². The van der Waals surface area contributed by atoms with Gasteiger partial charge in [0.15, 0.2) is 0 Å². The van der Waals surface area contributed by atoms with Gasteiger partial charge in [-0.1, -0.05) is 43.5 Å². The fourth-order valence-corrected chi connectivity index (χ4v) is 3.09. The Hall–Kier alpha value is -0.860. The summed E-state index contributed by atoms with van der Waals surface area (Å²) in [5, 5.41) is 0. The number of benzene rings is 1. The van der Waals surface area contributed by atoms with Crippen molar-refractivity contribution in [2.75, 3.05) is 13.6 Å². The molecule has 2 heteroatoms. The maximum Gasteiger partial charge on any atom is 0.0283 e. The van der Waals surface area contributed by atoms with Crippen molar-refractivity contribution in [2.45, 2.75) is 51.1 Å². The molecule has 0 aliphatic heterocycles. The van der Waals surface area contributed by atoms with Gasteiger partial charge in [-0.25, -0.2) is 0 Å². The van der Waals surface area contributed by atoms with E-state index < -0.39 is 0 Å². The first-order chi connectivity index (χ1) is 8.59. The summed E-state index contributed by atoms with van der Waals surface area (Å²) < 4.78 is 0. The maximum atomic E-state index is 6.51. The second kappa shape index (κ2) is 5.85. The van der Waals surface area contributed by atoms with Crippen LogP contribution in [0.5, 0.6) is 0 Å². The highest BCUT2D eigenvalue weighted by atomic mass is 15.1. The quantitative estimate of drug-likeness (QED) is 0.884. The van der Waals surface area contributed by atoms with E-state index in [9.17, 15) is 0 Å². The van der Waals surface area contributed by atoms with E-state index in [0.29, 0.717) is 0 Å². The van der Waals surface area contributed by atoms with Crippen molar-refractivity contribution in [2.24, 2.45) is 5.73 Å². The van der Waals surface area contributed by atoms with Gasteiger partial charge in [0.2, 0.25) is 0 Å². The van der Waals surface area contributed by atoms with Gasteiger partial charge in [0.25, 0.3) is 0 Å². The molecule has 2 rings (SSSR count). The maximum absolute atomic E-state index is 6.51. The zero-order chi connectivity index (χ0) is 13.0. The summed E-state index contributed by atoms with van der Waals surface area (Å²) >= 11 is 0. The third-order valence-electron chi connectivity index (χ3n) is 4.14. The Kier molecular flexibility index (Phi) is 4.41. The van der Waals surface area contributed by atoms with Crippen molar-refractivity contribution in [1.29, 1.82) is 0 Å². The zero-order valence-corrected chi connectivity index (χ0v) is 11.8. The van der Waals surface area contributed by atoms with Gasteiger partial charge in [0.1, 0.15) is 0 Å². The van der Waals surface area contributed by atoms with Crippen LogP contribution in [0.4, 0.5) is 0 Å². The lowest BCUT2D eigenvalue weighted by Gasteiger charge is -2.37. The van der Waals surface area contributed by atoms with Gasteiger partial charge < -0.3 is 10.6 Å². The highest BCUT2D eigenvalue weighted by molar-refractivity contribution is 5.25. The average Bonchev–Trinajstić information content (AvgIpc) is 2.32. The molecular formula is C16H26N2. The normalized spacial score (nSPS) is 19.1. The third kappa shape index (κ3) is 3.56. The molecule has 0 heterocycles. The SMILES string of the molecule is Cc1ccccc1CN(C)CC1(N)CCCCC1. The van der Waals surface area contributed by atoms with Crippen molar-refractivity contribution in [3.63, 3.8) is 0 Å². The first-order valence-corrected chi connectivity index (χ1v) is 7.11. The number of rotatable bonds is 4. The van der Waals surface area contributed by atoms with Crippen molar-refractivity contribution in [1.82, 2.24) is 4.90 Å².